The molecule has 74 valence electrons. The van der Waals surface area contributed by atoms with Gasteiger partial charge in [0.2, 0.25) is 0 Å². The predicted molar refractivity (Wildman–Crippen MR) is 55.7 cm³/mol. The summed E-state index contributed by atoms with van der Waals surface area (Å²) < 4.78 is 0. The lowest BCUT2D eigenvalue weighted by Gasteiger charge is -2.18. The molecule has 0 unspecified atom stereocenters. The molecule has 0 atom stereocenters. The number of carbonyl (C=O) groups is 1. The van der Waals surface area contributed by atoms with Gasteiger partial charge >= 0.3 is 0 Å². The Morgan fingerprint density at radius 1 is 1.23 bits per heavy atom. The van der Waals surface area contributed by atoms with Crippen LogP contribution in [0.1, 0.15) is 58.8 Å². The summed E-state index contributed by atoms with van der Waals surface area (Å²) in [6.07, 6.45) is 7.50. The molecule has 0 N–H and O–H groups in total. The highest BCUT2D eigenvalue weighted by molar-refractivity contribution is 5.96. The highest BCUT2D eigenvalue weighted by Gasteiger charge is 2.18. The van der Waals surface area contributed by atoms with Gasteiger partial charge in [-0.05, 0) is 37.7 Å². The van der Waals surface area contributed by atoms with Crippen LogP contribution in [0.3, 0.4) is 0 Å². The third kappa shape index (κ3) is 2.68. The van der Waals surface area contributed by atoms with E-state index in [-0.39, 0.29) is 0 Å². The minimum atomic E-state index is 0.427. The fourth-order valence-corrected chi connectivity index (χ4v) is 2.02. The normalized spacial score (nSPS) is 18.2. The number of carbonyl (C=O) groups excluding carboxylic acids is 1. The van der Waals surface area contributed by atoms with E-state index in [2.05, 4.69) is 13.8 Å². The molecule has 1 rings (SSSR count). The average molecular weight is 180 g/mol. The Balaban J connectivity index is 2.69. The first-order valence-corrected chi connectivity index (χ1v) is 5.53. The summed E-state index contributed by atoms with van der Waals surface area (Å²) in [5.74, 6) is 0.427. The molecule has 0 aromatic heterocycles. The van der Waals surface area contributed by atoms with Gasteiger partial charge in [0, 0.05) is 6.42 Å². The summed E-state index contributed by atoms with van der Waals surface area (Å²) in [5.41, 5.74) is 2.61. The summed E-state index contributed by atoms with van der Waals surface area (Å²) in [6, 6.07) is 0. The fourth-order valence-electron chi connectivity index (χ4n) is 2.02. The van der Waals surface area contributed by atoms with Crippen molar-refractivity contribution in [2.24, 2.45) is 0 Å². The van der Waals surface area contributed by atoms with Gasteiger partial charge in [-0.15, -0.1) is 0 Å². The Morgan fingerprint density at radius 2 is 2.00 bits per heavy atom. The number of rotatable bonds is 4. The number of allylic oxidation sites excluding steroid dienone is 2. The van der Waals surface area contributed by atoms with Gasteiger partial charge in [-0.25, -0.2) is 0 Å². The molecule has 1 heteroatoms. The summed E-state index contributed by atoms with van der Waals surface area (Å²) in [6.45, 7) is 4.35. The molecule has 0 spiro atoms. The molecular formula is C12H20O. The number of hydrogen-bond acceptors (Lipinski definition) is 1. The van der Waals surface area contributed by atoms with Crippen LogP contribution in [0.5, 0.6) is 0 Å². The molecule has 0 aromatic carbocycles. The molecule has 0 heterocycles. The summed E-state index contributed by atoms with van der Waals surface area (Å²) in [4.78, 5) is 11.6. The largest absolute Gasteiger partial charge is 0.295 e. The number of hydrogen-bond donors (Lipinski definition) is 0. The van der Waals surface area contributed by atoms with Crippen LogP contribution in [-0.4, -0.2) is 5.78 Å². The summed E-state index contributed by atoms with van der Waals surface area (Å²) in [5, 5.41) is 0. The Morgan fingerprint density at radius 3 is 2.62 bits per heavy atom. The number of unbranched alkanes of at least 4 members (excludes halogenated alkanes) is 1. The maximum Gasteiger partial charge on any atom is 0.158 e. The van der Waals surface area contributed by atoms with Crippen LogP contribution >= 0.6 is 0 Å². The third-order valence-electron chi connectivity index (χ3n) is 2.85. The van der Waals surface area contributed by atoms with Gasteiger partial charge in [-0.1, -0.05) is 25.8 Å². The van der Waals surface area contributed by atoms with Gasteiger partial charge in [0.1, 0.15) is 0 Å². The molecule has 13 heavy (non-hydrogen) atoms. The van der Waals surface area contributed by atoms with Gasteiger partial charge in [0.15, 0.2) is 5.78 Å². The zero-order valence-corrected chi connectivity index (χ0v) is 8.86. The van der Waals surface area contributed by atoms with Crippen LogP contribution in [0.15, 0.2) is 11.1 Å². The fraction of sp³-hybridized carbons (Fsp3) is 0.750. The van der Waals surface area contributed by atoms with Gasteiger partial charge in [0.25, 0.3) is 0 Å². The van der Waals surface area contributed by atoms with Crippen LogP contribution in [0.4, 0.5) is 0 Å². The standard InChI is InChI=1S/C12H20O/c1-3-5-8-11-10(4-2)7-6-9-12(11)13/h3-9H2,1-2H3. The second-order valence-corrected chi connectivity index (χ2v) is 3.82. The smallest absolute Gasteiger partial charge is 0.158 e. The van der Waals surface area contributed by atoms with Crippen molar-refractivity contribution < 1.29 is 4.79 Å². The molecule has 1 nitrogen and oxygen atoms in total. The molecule has 0 aromatic rings. The van der Waals surface area contributed by atoms with Crippen molar-refractivity contribution >= 4 is 5.78 Å². The zero-order chi connectivity index (χ0) is 9.68. The van der Waals surface area contributed by atoms with Gasteiger partial charge in [-0.3, -0.25) is 4.79 Å². The lowest BCUT2D eigenvalue weighted by atomic mass is 9.86. The van der Waals surface area contributed by atoms with Gasteiger partial charge < -0.3 is 0 Å². The van der Waals surface area contributed by atoms with E-state index >= 15 is 0 Å². The van der Waals surface area contributed by atoms with E-state index < -0.39 is 0 Å². The van der Waals surface area contributed by atoms with E-state index in [1.165, 1.54) is 30.4 Å². The molecule has 0 fully saturated rings. The zero-order valence-electron chi connectivity index (χ0n) is 8.86. The van der Waals surface area contributed by atoms with Gasteiger partial charge in [-0.2, -0.15) is 0 Å². The maximum absolute atomic E-state index is 11.6. The van der Waals surface area contributed by atoms with E-state index in [0.29, 0.717) is 5.78 Å². The maximum atomic E-state index is 11.6. The van der Waals surface area contributed by atoms with Crippen molar-refractivity contribution in [2.75, 3.05) is 0 Å². The quantitative estimate of drug-likeness (QED) is 0.645. The molecule has 0 saturated carbocycles. The predicted octanol–water partition coefficient (Wildman–Crippen LogP) is 3.64. The molecule has 0 amide bonds. The van der Waals surface area contributed by atoms with Crippen molar-refractivity contribution in [3.63, 3.8) is 0 Å². The van der Waals surface area contributed by atoms with Crippen molar-refractivity contribution in [2.45, 2.75) is 58.8 Å². The number of Topliss-reactive ketones (excluding diaryl/α,β-unsaturated/α-hetero) is 1. The number of ketones is 1. The SMILES string of the molecule is CCCCC1=C(CC)CCCC1=O. The second kappa shape index (κ2) is 5.21. The van der Waals surface area contributed by atoms with Crippen molar-refractivity contribution in [3.8, 4) is 0 Å². The molecule has 0 bridgehead atoms. The Hall–Kier alpha value is -0.590. The Kier molecular flexibility index (Phi) is 4.20. The first-order valence-electron chi connectivity index (χ1n) is 5.53. The van der Waals surface area contributed by atoms with Crippen molar-refractivity contribution in [3.05, 3.63) is 11.1 Å². The van der Waals surface area contributed by atoms with Crippen LogP contribution in [-0.2, 0) is 4.79 Å². The Labute approximate surface area is 81.2 Å². The molecule has 1 aliphatic carbocycles. The Bertz CT molecular complexity index is 213. The summed E-state index contributed by atoms with van der Waals surface area (Å²) >= 11 is 0. The topological polar surface area (TPSA) is 17.1 Å². The van der Waals surface area contributed by atoms with E-state index in [9.17, 15) is 4.79 Å². The molecule has 0 radical (unpaired) electrons. The van der Waals surface area contributed by atoms with Gasteiger partial charge in [0.05, 0.1) is 0 Å². The van der Waals surface area contributed by atoms with Crippen LogP contribution in [0.2, 0.25) is 0 Å². The van der Waals surface area contributed by atoms with Crippen LogP contribution < -0.4 is 0 Å². The van der Waals surface area contributed by atoms with E-state index in [0.717, 1.165) is 25.7 Å². The van der Waals surface area contributed by atoms with E-state index in [1.807, 2.05) is 0 Å². The monoisotopic (exact) mass is 180 g/mol. The minimum Gasteiger partial charge on any atom is -0.295 e. The highest BCUT2D eigenvalue weighted by atomic mass is 16.1. The first kappa shape index (κ1) is 10.5. The van der Waals surface area contributed by atoms with Crippen molar-refractivity contribution in [1.29, 1.82) is 0 Å². The summed E-state index contributed by atoms with van der Waals surface area (Å²) in [7, 11) is 0. The van der Waals surface area contributed by atoms with E-state index in [1.54, 1.807) is 0 Å². The third-order valence-corrected chi connectivity index (χ3v) is 2.85. The molecule has 1 aliphatic rings. The molecular weight excluding hydrogens is 160 g/mol. The highest BCUT2D eigenvalue weighted by Crippen LogP contribution is 2.27. The van der Waals surface area contributed by atoms with Crippen molar-refractivity contribution in [1.82, 2.24) is 0 Å². The molecule has 0 aliphatic heterocycles. The minimum absolute atomic E-state index is 0.427. The second-order valence-electron chi connectivity index (χ2n) is 3.82. The average Bonchev–Trinajstić information content (AvgIpc) is 2.15. The molecule has 0 saturated heterocycles. The lowest BCUT2D eigenvalue weighted by Crippen LogP contribution is -2.11. The lowest BCUT2D eigenvalue weighted by molar-refractivity contribution is -0.116. The first-order chi connectivity index (χ1) is 6.29. The van der Waals surface area contributed by atoms with Crippen LogP contribution in [0, 0.1) is 0 Å². The van der Waals surface area contributed by atoms with Crippen LogP contribution in [0.25, 0.3) is 0 Å². The van der Waals surface area contributed by atoms with E-state index in [4.69, 9.17) is 0 Å².